The molecule has 2 unspecified atom stereocenters. The highest BCUT2D eigenvalue weighted by molar-refractivity contribution is 4.84. The molecule has 0 aromatic rings. The Bertz CT molecular complexity index is 211. The van der Waals surface area contributed by atoms with Crippen LogP contribution >= 0.6 is 0 Å². The minimum absolute atomic E-state index is 0.893. The van der Waals surface area contributed by atoms with Gasteiger partial charge < -0.3 is 5.32 Å². The third-order valence-electron chi connectivity index (χ3n) is 4.75. The molecule has 0 spiro atoms. The predicted molar refractivity (Wildman–Crippen MR) is 74.3 cm³/mol. The van der Waals surface area contributed by atoms with Crippen molar-refractivity contribution in [3.8, 4) is 0 Å². The zero-order valence-corrected chi connectivity index (χ0v) is 11.8. The van der Waals surface area contributed by atoms with Gasteiger partial charge in [-0.25, -0.2) is 0 Å². The fourth-order valence-electron chi connectivity index (χ4n) is 3.74. The molecule has 0 amide bonds. The number of nitrogens with one attached hydrogen (secondary N) is 1. The molecule has 17 heavy (non-hydrogen) atoms. The van der Waals surface area contributed by atoms with E-state index in [1.54, 1.807) is 0 Å². The number of hydrogen-bond donors (Lipinski definition) is 1. The van der Waals surface area contributed by atoms with Gasteiger partial charge in [0, 0.05) is 12.6 Å². The molecule has 2 nitrogen and oxygen atoms in total. The summed E-state index contributed by atoms with van der Waals surface area (Å²) >= 11 is 0. The van der Waals surface area contributed by atoms with Gasteiger partial charge in [-0.3, -0.25) is 4.90 Å². The summed E-state index contributed by atoms with van der Waals surface area (Å²) in [5.74, 6) is 1.89. The Hall–Kier alpha value is -0.0800. The summed E-state index contributed by atoms with van der Waals surface area (Å²) in [6.45, 7) is 9.96. The average molecular weight is 238 g/mol. The summed E-state index contributed by atoms with van der Waals surface area (Å²) in [6, 6.07) is 0.893. The molecular formula is C15H30N2. The molecule has 1 saturated carbocycles. The van der Waals surface area contributed by atoms with Gasteiger partial charge in [-0.15, -0.1) is 0 Å². The Balaban J connectivity index is 1.86. The lowest BCUT2D eigenvalue weighted by Gasteiger charge is -2.36. The molecule has 0 aromatic heterocycles. The maximum Gasteiger partial charge on any atom is 0.0121 e. The molecule has 0 aromatic carbocycles. The number of hydrogen-bond acceptors (Lipinski definition) is 2. The van der Waals surface area contributed by atoms with Crippen LogP contribution in [-0.2, 0) is 0 Å². The Morgan fingerprint density at radius 1 is 1.12 bits per heavy atom. The SMILES string of the molecule is CCCN(CC1CCNCC1)C1CCCC1C. The number of rotatable bonds is 5. The number of piperidine rings is 1. The van der Waals surface area contributed by atoms with E-state index in [2.05, 4.69) is 24.1 Å². The van der Waals surface area contributed by atoms with Gasteiger partial charge in [-0.1, -0.05) is 20.3 Å². The van der Waals surface area contributed by atoms with Crippen molar-refractivity contribution < 1.29 is 0 Å². The zero-order chi connectivity index (χ0) is 12.1. The largest absolute Gasteiger partial charge is 0.317 e. The molecule has 2 atom stereocenters. The minimum atomic E-state index is 0.893. The summed E-state index contributed by atoms with van der Waals surface area (Å²) in [4.78, 5) is 2.83. The molecule has 0 bridgehead atoms. The monoisotopic (exact) mass is 238 g/mol. The van der Waals surface area contributed by atoms with Crippen LogP contribution in [-0.4, -0.2) is 37.1 Å². The van der Waals surface area contributed by atoms with Gasteiger partial charge in [-0.2, -0.15) is 0 Å². The van der Waals surface area contributed by atoms with Gasteiger partial charge in [0.05, 0.1) is 0 Å². The zero-order valence-electron chi connectivity index (χ0n) is 11.8. The molecule has 1 aliphatic heterocycles. The molecule has 2 aliphatic rings. The van der Waals surface area contributed by atoms with Crippen LogP contribution in [0.3, 0.4) is 0 Å². The van der Waals surface area contributed by atoms with E-state index in [9.17, 15) is 0 Å². The summed E-state index contributed by atoms with van der Waals surface area (Å²) in [5, 5.41) is 3.48. The summed E-state index contributed by atoms with van der Waals surface area (Å²) in [5.41, 5.74) is 0. The van der Waals surface area contributed by atoms with Crippen LogP contribution in [0.4, 0.5) is 0 Å². The first-order valence-corrected chi connectivity index (χ1v) is 7.76. The Morgan fingerprint density at radius 3 is 2.47 bits per heavy atom. The van der Waals surface area contributed by atoms with Crippen molar-refractivity contribution in [1.82, 2.24) is 10.2 Å². The van der Waals surface area contributed by atoms with Crippen molar-refractivity contribution in [2.75, 3.05) is 26.2 Å². The third kappa shape index (κ3) is 3.69. The van der Waals surface area contributed by atoms with Gasteiger partial charge in [0.15, 0.2) is 0 Å². The molecule has 0 radical (unpaired) electrons. The normalized spacial score (nSPS) is 31.2. The highest BCUT2D eigenvalue weighted by atomic mass is 15.2. The van der Waals surface area contributed by atoms with Crippen LogP contribution in [0, 0.1) is 11.8 Å². The molecule has 2 heteroatoms. The lowest BCUT2D eigenvalue weighted by atomic mass is 9.95. The van der Waals surface area contributed by atoms with Crippen LogP contribution in [0.25, 0.3) is 0 Å². The fourth-order valence-corrected chi connectivity index (χ4v) is 3.74. The second-order valence-electron chi connectivity index (χ2n) is 6.16. The van der Waals surface area contributed by atoms with Crippen LogP contribution in [0.5, 0.6) is 0 Å². The molecule has 100 valence electrons. The standard InChI is InChI=1S/C15H30N2/c1-3-11-17(15-6-4-5-13(15)2)12-14-7-9-16-10-8-14/h13-16H,3-12H2,1-2H3. The van der Waals surface area contributed by atoms with Crippen molar-refractivity contribution in [2.24, 2.45) is 11.8 Å². The van der Waals surface area contributed by atoms with Crippen molar-refractivity contribution in [2.45, 2.75) is 58.4 Å². The van der Waals surface area contributed by atoms with Gasteiger partial charge in [0.25, 0.3) is 0 Å². The highest BCUT2D eigenvalue weighted by Gasteiger charge is 2.30. The molecule has 2 rings (SSSR count). The van der Waals surface area contributed by atoms with E-state index in [4.69, 9.17) is 0 Å². The Labute approximate surface area is 107 Å². The van der Waals surface area contributed by atoms with E-state index in [0.717, 1.165) is 17.9 Å². The smallest absolute Gasteiger partial charge is 0.0121 e. The highest BCUT2D eigenvalue weighted by Crippen LogP contribution is 2.30. The molecule has 1 heterocycles. The lowest BCUT2D eigenvalue weighted by Crippen LogP contribution is -2.43. The quantitative estimate of drug-likeness (QED) is 0.792. The topological polar surface area (TPSA) is 15.3 Å². The summed E-state index contributed by atoms with van der Waals surface area (Å²) in [7, 11) is 0. The molecular weight excluding hydrogens is 208 g/mol. The molecule has 2 fully saturated rings. The average Bonchev–Trinajstić information content (AvgIpc) is 2.76. The van der Waals surface area contributed by atoms with Gasteiger partial charge >= 0.3 is 0 Å². The van der Waals surface area contributed by atoms with Crippen LogP contribution < -0.4 is 5.32 Å². The van der Waals surface area contributed by atoms with Crippen molar-refractivity contribution in [3.63, 3.8) is 0 Å². The fraction of sp³-hybridized carbons (Fsp3) is 1.00. The summed E-state index contributed by atoms with van der Waals surface area (Å²) in [6.07, 6.45) is 8.46. The maximum atomic E-state index is 3.48. The molecule has 1 aliphatic carbocycles. The predicted octanol–water partition coefficient (Wildman–Crippen LogP) is 2.89. The maximum absolute atomic E-state index is 3.48. The van der Waals surface area contributed by atoms with Crippen LogP contribution in [0.1, 0.15) is 52.4 Å². The molecule has 1 N–H and O–H groups in total. The summed E-state index contributed by atoms with van der Waals surface area (Å²) < 4.78 is 0. The first-order chi connectivity index (χ1) is 8.31. The second kappa shape index (κ2) is 6.75. The van der Waals surface area contributed by atoms with E-state index in [1.165, 1.54) is 64.7 Å². The van der Waals surface area contributed by atoms with Crippen molar-refractivity contribution in [1.29, 1.82) is 0 Å². The Morgan fingerprint density at radius 2 is 1.88 bits per heavy atom. The molecule has 1 saturated heterocycles. The lowest BCUT2D eigenvalue weighted by molar-refractivity contribution is 0.129. The van der Waals surface area contributed by atoms with E-state index in [-0.39, 0.29) is 0 Å². The van der Waals surface area contributed by atoms with Crippen LogP contribution in [0.2, 0.25) is 0 Å². The Kier molecular flexibility index (Phi) is 5.30. The number of nitrogens with zero attached hydrogens (tertiary/aromatic N) is 1. The van der Waals surface area contributed by atoms with Gasteiger partial charge in [0.2, 0.25) is 0 Å². The van der Waals surface area contributed by atoms with Gasteiger partial charge in [-0.05, 0) is 63.6 Å². The minimum Gasteiger partial charge on any atom is -0.317 e. The van der Waals surface area contributed by atoms with E-state index < -0.39 is 0 Å². The van der Waals surface area contributed by atoms with E-state index in [1.807, 2.05) is 0 Å². The van der Waals surface area contributed by atoms with E-state index >= 15 is 0 Å². The third-order valence-corrected chi connectivity index (χ3v) is 4.75. The van der Waals surface area contributed by atoms with Crippen molar-refractivity contribution in [3.05, 3.63) is 0 Å². The first-order valence-electron chi connectivity index (χ1n) is 7.76. The van der Waals surface area contributed by atoms with E-state index in [0.29, 0.717) is 0 Å². The second-order valence-corrected chi connectivity index (χ2v) is 6.16. The van der Waals surface area contributed by atoms with Crippen LogP contribution in [0.15, 0.2) is 0 Å². The van der Waals surface area contributed by atoms with Crippen molar-refractivity contribution >= 4 is 0 Å². The first kappa shape index (κ1) is 13.4. The van der Waals surface area contributed by atoms with Gasteiger partial charge in [0.1, 0.15) is 0 Å².